The van der Waals surface area contributed by atoms with E-state index in [2.05, 4.69) is 24.1 Å². The number of para-hydroxylation sites is 1. The summed E-state index contributed by atoms with van der Waals surface area (Å²) in [6.45, 7) is 6.63. The maximum atomic E-state index is 13.4. The van der Waals surface area contributed by atoms with Gasteiger partial charge in [0.2, 0.25) is 5.91 Å². The van der Waals surface area contributed by atoms with Crippen LogP contribution in [0.15, 0.2) is 24.3 Å². The number of hydrogen-bond acceptors (Lipinski definition) is 2. The van der Waals surface area contributed by atoms with E-state index in [0.717, 1.165) is 13.1 Å². The van der Waals surface area contributed by atoms with Gasteiger partial charge in [0.25, 0.3) is 0 Å². The summed E-state index contributed by atoms with van der Waals surface area (Å²) in [6.07, 6.45) is 1.21. The number of rotatable bonds is 3. The van der Waals surface area contributed by atoms with Gasteiger partial charge in [0.05, 0.1) is 12.2 Å². The summed E-state index contributed by atoms with van der Waals surface area (Å²) < 4.78 is 13.4. The minimum absolute atomic E-state index is 0.147. The lowest BCUT2D eigenvalue weighted by Gasteiger charge is -2.34. The summed E-state index contributed by atoms with van der Waals surface area (Å²) in [6, 6.07) is 6.25. The molecule has 1 amide bonds. The lowest BCUT2D eigenvalue weighted by atomic mass is 9.92. The molecule has 1 aromatic rings. The van der Waals surface area contributed by atoms with Crippen molar-refractivity contribution >= 4 is 11.6 Å². The highest BCUT2D eigenvalue weighted by atomic mass is 19.1. The molecule has 0 unspecified atom stereocenters. The van der Waals surface area contributed by atoms with Crippen molar-refractivity contribution < 1.29 is 9.18 Å². The first-order chi connectivity index (χ1) is 9.04. The Hall–Kier alpha value is -1.42. The quantitative estimate of drug-likeness (QED) is 0.910. The molecule has 0 aliphatic carbocycles. The molecule has 3 nitrogen and oxygen atoms in total. The smallest absolute Gasteiger partial charge is 0.238 e. The molecule has 19 heavy (non-hydrogen) atoms. The SMILES string of the molecule is C[C@H]1C[C@H](C)CN(CC(=O)Nc2ccccc2F)C1. The number of carbonyl (C=O) groups is 1. The highest BCUT2D eigenvalue weighted by Crippen LogP contribution is 2.20. The Kier molecular flexibility index (Phi) is 4.53. The molecule has 0 aromatic heterocycles. The topological polar surface area (TPSA) is 32.3 Å². The zero-order chi connectivity index (χ0) is 13.8. The fraction of sp³-hybridized carbons (Fsp3) is 0.533. The number of hydrogen-bond donors (Lipinski definition) is 1. The fourth-order valence-electron chi connectivity index (χ4n) is 2.88. The van der Waals surface area contributed by atoms with Gasteiger partial charge in [-0.3, -0.25) is 9.69 Å². The lowest BCUT2D eigenvalue weighted by molar-refractivity contribution is -0.117. The Labute approximate surface area is 113 Å². The van der Waals surface area contributed by atoms with Gasteiger partial charge in [0.1, 0.15) is 5.82 Å². The van der Waals surface area contributed by atoms with Crippen molar-refractivity contribution in [2.45, 2.75) is 20.3 Å². The van der Waals surface area contributed by atoms with Crippen molar-refractivity contribution in [1.82, 2.24) is 4.90 Å². The Bertz CT molecular complexity index is 440. The highest BCUT2D eigenvalue weighted by molar-refractivity contribution is 5.92. The van der Waals surface area contributed by atoms with E-state index in [1.54, 1.807) is 18.2 Å². The molecule has 1 heterocycles. The van der Waals surface area contributed by atoms with E-state index >= 15 is 0 Å². The fourth-order valence-corrected chi connectivity index (χ4v) is 2.88. The first kappa shape index (κ1) is 14.0. The highest BCUT2D eigenvalue weighted by Gasteiger charge is 2.23. The van der Waals surface area contributed by atoms with Gasteiger partial charge in [-0.2, -0.15) is 0 Å². The molecule has 4 heteroatoms. The summed E-state index contributed by atoms with van der Waals surface area (Å²) in [5.41, 5.74) is 0.255. The number of nitrogens with one attached hydrogen (secondary N) is 1. The zero-order valence-electron chi connectivity index (χ0n) is 11.5. The summed E-state index contributed by atoms with van der Waals surface area (Å²) in [5.74, 6) is 0.692. The number of halogens is 1. The number of carbonyl (C=O) groups excluding carboxylic acids is 1. The van der Waals surface area contributed by atoms with Crippen molar-refractivity contribution in [3.05, 3.63) is 30.1 Å². The van der Waals surface area contributed by atoms with Crippen LogP contribution >= 0.6 is 0 Å². The van der Waals surface area contributed by atoms with Gasteiger partial charge in [-0.1, -0.05) is 26.0 Å². The maximum absolute atomic E-state index is 13.4. The molecule has 1 fully saturated rings. The van der Waals surface area contributed by atoms with Crippen LogP contribution in [-0.2, 0) is 4.79 Å². The summed E-state index contributed by atoms with van der Waals surface area (Å²) in [5, 5.41) is 2.63. The second-order valence-corrected chi connectivity index (χ2v) is 5.67. The van der Waals surface area contributed by atoms with Crippen LogP contribution in [0, 0.1) is 17.7 Å². The van der Waals surface area contributed by atoms with E-state index in [0.29, 0.717) is 18.4 Å². The molecule has 0 spiro atoms. The zero-order valence-corrected chi connectivity index (χ0v) is 11.5. The van der Waals surface area contributed by atoms with Crippen molar-refractivity contribution in [2.75, 3.05) is 25.0 Å². The van der Waals surface area contributed by atoms with Crippen LogP contribution in [0.25, 0.3) is 0 Å². The molecular formula is C15H21FN2O. The van der Waals surface area contributed by atoms with Crippen molar-refractivity contribution in [3.8, 4) is 0 Å². The molecule has 1 aliphatic rings. The Balaban J connectivity index is 1.89. The van der Waals surface area contributed by atoms with Gasteiger partial charge >= 0.3 is 0 Å². The van der Waals surface area contributed by atoms with Crippen LogP contribution in [0.4, 0.5) is 10.1 Å². The largest absolute Gasteiger partial charge is 0.322 e. The minimum atomic E-state index is -0.392. The molecule has 1 saturated heterocycles. The molecule has 0 bridgehead atoms. The predicted molar refractivity (Wildman–Crippen MR) is 74.4 cm³/mol. The van der Waals surface area contributed by atoms with Gasteiger partial charge in [-0.25, -0.2) is 4.39 Å². The van der Waals surface area contributed by atoms with Crippen LogP contribution in [0.5, 0.6) is 0 Å². The Morgan fingerprint density at radius 3 is 2.58 bits per heavy atom. The molecule has 2 rings (SSSR count). The minimum Gasteiger partial charge on any atom is -0.322 e. The van der Waals surface area contributed by atoms with Crippen LogP contribution < -0.4 is 5.32 Å². The summed E-state index contributed by atoms with van der Waals surface area (Å²) in [4.78, 5) is 14.1. The van der Waals surface area contributed by atoms with Crippen LogP contribution in [0.1, 0.15) is 20.3 Å². The van der Waals surface area contributed by atoms with Gasteiger partial charge in [0, 0.05) is 13.1 Å². The molecule has 2 atom stereocenters. The molecule has 0 radical (unpaired) electrons. The first-order valence-electron chi connectivity index (χ1n) is 6.81. The number of nitrogens with zero attached hydrogens (tertiary/aromatic N) is 1. The van der Waals surface area contributed by atoms with E-state index in [1.165, 1.54) is 12.5 Å². The van der Waals surface area contributed by atoms with E-state index in [4.69, 9.17) is 0 Å². The van der Waals surface area contributed by atoms with E-state index < -0.39 is 5.82 Å². The van der Waals surface area contributed by atoms with Gasteiger partial charge in [0.15, 0.2) is 0 Å². The van der Waals surface area contributed by atoms with Gasteiger partial charge < -0.3 is 5.32 Å². The average molecular weight is 264 g/mol. The third kappa shape index (κ3) is 4.03. The average Bonchev–Trinajstić information content (AvgIpc) is 2.30. The van der Waals surface area contributed by atoms with Crippen LogP contribution in [-0.4, -0.2) is 30.4 Å². The molecular weight excluding hydrogens is 243 g/mol. The van der Waals surface area contributed by atoms with Crippen LogP contribution in [0.2, 0.25) is 0 Å². The van der Waals surface area contributed by atoms with Crippen molar-refractivity contribution in [3.63, 3.8) is 0 Å². The summed E-state index contributed by atoms with van der Waals surface area (Å²) in [7, 11) is 0. The molecule has 1 aliphatic heterocycles. The number of amides is 1. The van der Waals surface area contributed by atoms with Crippen molar-refractivity contribution in [2.24, 2.45) is 11.8 Å². The molecule has 1 aromatic carbocycles. The van der Waals surface area contributed by atoms with Crippen LogP contribution in [0.3, 0.4) is 0 Å². The Morgan fingerprint density at radius 1 is 1.32 bits per heavy atom. The molecule has 104 valence electrons. The number of likely N-dealkylation sites (tertiary alicyclic amines) is 1. The van der Waals surface area contributed by atoms with Gasteiger partial charge in [-0.05, 0) is 30.4 Å². The third-order valence-electron chi connectivity index (χ3n) is 3.46. The van der Waals surface area contributed by atoms with E-state index in [-0.39, 0.29) is 11.6 Å². The number of benzene rings is 1. The first-order valence-corrected chi connectivity index (χ1v) is 6.81. The maximum Gasteiger partial charge on any atom is 0.238 e. The second kappa shape index (κ2) is 6.15. The normalized spacial score (nSPS) is 24.2. The van der Waals surface area contributed by atoms with E-state index in [1.807, 2.05) is 0 Å². The van der Waals surface area contributed by atoms with Gasteiger partial charge in [-0.15, -0.1) is 0 Å². The third-order valence-corrected chi connectivity index (χ3v) is 3.46. The Morgan fingerprint density at radius 2 is 1.95 bits per heavy atom. The predicted octanol–water partition coefficient (Wildman–Crippen LogP) is 2.74. The summed E-state index contributed by atoms with van der Waals surface area (Å²) >= 11 is 0. The monoisotopic (exact) mass is 264 g/mol. The second-order valence-electron chi connectivity index (χ2n) is 5.67. The number of anilines is 1. The standard InChI is InChI=1S/C15H21FN2O/c1-11-7-12(2)9-18(8-11)10-15(19)17-14-6-4-3-5-13(14)16/h3-6,11-12H,7-10H2,1-2H3,(H,17,19)/t11-,12-/m0/s1. The van der Waals surface area contributed by atoms with E-state index in [9.17, 15) is 9.18 Å². The lowest BCUT2D eigenvalue weighted by Crippen LogP contribution is -2.42. The number of piperidine rings is 1. The molecule has 1 N–H and O–H groups in total. The van der Waals surface area contributed by atoms with Crippen molar-refractivity contribution in [1.29, 1.82) is 0 Å². The molecule has 0 saturated carbocycles.